The summed E-state index contributed by atoms with van der Waals surface area (Å²) in [6, 6.07) is 3.36. The number of hydrogen-bond acceptors (Lipinski definition) is 7. The summed E-state index contributed by atoms with van der Waals surface area (Å²) in [6.45, 7) is 2.08. The average Bonchev–Trinajstić information content (AvgIpc) is 3.15. The second kappa shape index (κ2) is 7.13. The van der Waals surface area contributed by atoms with Crippen molar-refractivity contribution in [2.24, 2.45) is 17.3 Å². The fourth-order valence-electron chi connectivity index (χ4n) is 6.59. The van der Waals surface area contributed by atoms with Gasteiger partial charge in [-0.3, -0.25) is 0 Å². The lowest BCUT2D eigenvalue weighted by molar-refractivity contribution is -0.0852. The van der Waals surface area contributed by atoms with E-state index < -0.39 is 28.4 Å². The molecule has 3 fully saturated rings. The molecule has 4 aliphatic rings. The summed E-state index contributed by atoms with van der Waals surface area (Å²) in [6.07, 6.45) is 1.88. The van der Waals surface area contributed by atoms with E-state index in [1.54, 1.807) is 19.2 Å². The summed E-state index contributed by atoms with van der Waals surface area (Å²) >= 11 is 0. The number of ether oxygens (including phenoxy) is 3. The lowest BCUT2D eigenvalue weighted by atomic mass is 9.54. The van der Waals surface area contributed by atoms with Crippen LogP contribution in [-0.4, -0.2) is 47.7 Å². The molecule has 1 heterocycles. The molecule has 9 heteroatoms. The Bertz CT molecular complexity index is 951. The fourth-order valence-corrected chi connectivity index (χ4v) is 7.72. The van der Waals surface area contributed by atoms with Gasteiger partial charge in [0.2, 0.25) is 0 Å². The first-order valence-corrected chi connectivity index (χ1v) is 11.7. The molecule has 5 rings (SSSR count). The van der Waals surface area contributed by atoms with Crippen molar-refractivity contribution in [3.8, 4) is 5.75 Å². The second-order valence-corrected chi connectivity index (χ2v) is 10.3. The number of aryl methyl sites for hydroxylation is 1. The Morgan fingerprint density at radius 1 is 1.27 bits per heavy atom. The quantitative estimate of drug-likeness (QED) is 0.664. The second-order valence-electron chi connectivity index (χ2n) is 9.15. The van der Waals surface area contributed by atoms with E-state index in [4.69, 9.17) is 22.6 Å². The van der Waals surface area contributed by atoms with Crippen molar-refractivity contribution in [2.45, 2.75) is 56.8 Å². The minimum absolute atomic E-state index is 0.00539. The van der Waals surface area contributed by atoms with Crippen LogP contribution >= 0.6 is 0 Å². The van der Waals surface area contributed by atoms with Crippen molar-refractivity contribution in [3.63, 3.8) is 0 Å². The van der Waals surface area contributed by atoms with Gasteiger partial charge in [0, 0.05) is 25.6 Å². The number of hydrogen-bond donors (Lipinski definition) is 0. The maximum absolute atomic E-state index is 14.8. The van der Waals surface area contributed by atoms with Crippen molar-refractivity contribution in [2.75, 3.05) is 21.0 Å². The van der Waals surface area contributed by atoms with Crippen molar-refractivity contribution in [1.82, 2.24) is 0 Å². The summed E-state index contributed by atoms with van der Waals surface area (Å²) in [7, 11) is -0.762. The monoisotopic (exact) mass is 442 g/mol. The molecule has 0 aromatic heterocycles. The number of rotatable bonds is 4. The zero-order valence-corrected chi connectivity index (χ0v) is 18.1. The smallest absolute Gasteiger partial charge is 0.400 e. The summed E-state index contributed by atoms with van der Waals surface area (Å²) < 4.78 is 65.3. The van der Waals surface area contributed by atoms with Gasteiger partial charge in [0.1, 0.15) is 12.2 Å². The van der Waals surface area contributed by atoms with Crippen LogP contribution in [0.4, 0.5) is 4.39 Å². The van der Waals surface area contributed by atoms with E-state index in [1.807, 2.05) is 0 Å². The van der Waals surface area contributed by atoms with Gasteiger partial charge >= 0.3 is 10.4 Å². The van der Waals surface area contributed by atoms with Gasteiger partial charge < -0.3 is 14.2 Å². The zero-order chi connectivity index (χ0) is 21.3. The maximum atomic E-state index is 14.8. The van der Waals surface area contributed by atoms with Crippen LogP contribution in [0, 0.1) is 23.1 Å². The van der Waals surface area contributed by atoms with Crippen LogP contribution in [0.15, 0.2) is 12.1 Å². The molecular formula is C21H27FO7S. The molecule has 0 amide bonds. The molecule has 0 bridgehead atoms. The molecule has 30 heavy (non-hydrogen) atoms. The van der Waals surface area contributed by atoms with Crippen LogP contribution in [0.2, 0.25) is 0 Å². The first-order chi connectivity index (χ1) is 14.3. The van der Waals surface area contributed by atoms with Crippen LogP contribution < -0.4 is 4.74 Å². The van der Waals surface area contributed by atoms with E-state index in [1.165, 1.54) is 7.11 Å². The molecule has 7 atom stereocenters. The Balaban J connectivity index is 1.51. The van der Waals surface area contributed by atoms with Crippen molar-refractivity contribution in [1.29, 1.82) is 0 Å². The molecular weight excluding hydrogens is 415 g/mol. The van der Waals surface area contributed by atoms with Gasteiger partial charge in [-0.05, 0) is 60.8 Å². The van der Waals surface area contributed by atoms with Crippen LogP contribution in [0.5, 0.6) is 5.75 Å². The van der Waals surface area contributed by atoms with Crippen molar-refractivity contribution >= 4 is 10.4 Å². The van der Waals surface area contributed by atoms with E-state index in [-0.39, 0.29) is 41.8 Å². The standard InChI is InChI=1S/C21H27FO7S/c1-21-9-18(26-3)19-12(14(21)8-17-20(21)29-30(23,24)28-17)5-4-11-6-16(27-10-25-2)15(22)7-13(11)19/h6-7,12,14,17-20H,4-5,8-10H2,1-3H3/t12-,14-,17-,18-,19-,20-,21-/m0/s1. The van der Waals surface area contributed by atoms with Gasteiger partial charge in [0.15, 0.2) is 18.4 Å². The minimum Gasteiger partial charge on any atom is -0.464 e. The van der Waals surface area contributed by atoms with Gasteiger partial charge in [-0.25, -0.2) is 12.8 Å². The summed E-state index contributed by atoms with van der Waals surface area (Å²) in [5, 5.41) is 0. The Kier molecular flexibility index (Phi) is 4.90. The molecule has 1 saturated heterocycles. The van der Waals surface area contributed by atoms with Gasteiger partial charge in [-0.1, -0.05) is 6.92 Å². The molecule has 0 N–H and O–H groups in total. The van der Waals surface area contributed by atoms with Crippen LogP contribution in [0.3, 0.4) is 0 Å². The van der Waals surface area contributed by atoms with Gasteiger partial charge in [0.05, 0.1) is 6.10 Å². The van der Waals surface area contributed by atoms with Crippen molar-refractivity contribution < 1.29 is 35.4 Å². The maximum Gasteiger partial charge on any atom is 0.400 e. The lowest BCUT2D eigenvalue weighted by Gasteiger charge is -2.53. The van der Waals surface area contributed by atoms with E-state index in [0.29, 0.717) is 12.8 Å². The largest absolute Gasteiger partial charge is 0.464 e. The van der Waals surface area contributed by atoms with E-state index in [2.05, 4.69) is 6.92 Å². The van der Waals surface area contributed by atoms with E-state index in [0.717, 1.165) is 24.0 Å². The van der Waals surface area contributed by atoms with Crippen LogP contribution in [0.25, 0.3) is 0 Å². The normalized spacial score (nSPS) is 40.9. The third-order valence-corrected chi connectivity index (χ3v) is 8.66. The Morgan fingerprint density at radius 3 is 2.80 bits per heavy atom. The lowest BCUT2D eigenvalue weighted by Crippen LogP contribution is -2.51. The SMILES string of the molecule is COCOc1cc2c(cc1F)[C@@H]1[C@@H](CC2)[C@@H]2C[C@@H]3OS(=O)(=O)O[C@@H]3[C@@]2(C)C[C@@H]1OC. The third kappa shape index (κ3) is 3.01. The molecule has 7 nitrogen and oxygen atoms in total. The minimum atomic E-state index is -3.93. The topological polar surface area (TPSA) is 80.3 Å². The Labute approximate surface area is 176 Å². The number of fused-ring (bicyclic) bond motifs is 7. The highest BCUT2D eigenvalue weighted by atomic mass is 32.3. The van der Waals surface area contributed by atoms with Crippen LogP contribution in [-0.2, 0) is 34.7 Å². The van der Waals surface area contributed by atoms with E-state index in [9.17, 15) is 12.8 Å². The first-order valence-electron chi connectivity index (χ1n) is 10.4. The number of benzene rings is 1. The molecule has 1 aromatic carbocycles. The average molecular weight is 443 g/mol. The molecule has 166 valence electrons. The van der Waals surface area contributed by atoms with Crippen LogP contribution in [0.1, 0.15) is 43.2 Å². The van der Waals surface area contributed by atoms with Gasteiger partial charge in [-0.2, -0.15) is 8.42 Å². The molecule has 0 unspecified atom stereocenters. The highest BCUT2D eigenvalue weighted by Gasteiger charge is 2.66. The molecule has 1 aromatic rings. The summed E-state index contributed by atoms with van der Waals surface area (Å²) in [5.74, 6) is 0.298. The number of halogens is 1. The highest BCUT2D eigenvalue weighted by molar-refractivity contribution is 7.82. The Morgan fingerprint density at radius 2 is 2.07 bits per heavy atom. The first kappa shape index (κ1) is 20.6. The Hall–Kier alpha value is -1.26. The highest BCUT2D eigenvalue weighted by Crippen LogP contribution is 2.64. The fraction of sp³-hybridized carbons (Fsp3) is 0.714. The summed E-state index contributed by atoms with van der Waals surface area (Å²) in [4.78, 5) is 0. The molecule has 0 radical (unpaired) electrons. The molecule has 0 spiro atoms. The molecule has 1 aliphatic heterocycles. The van der Waals surface area contributed by atoms with Gasteiger partial charge in [-0.15, -0.1) is 0 Å². The van der Waals surface area contributed by atoms with Crippen molar-refractivity contribution in [3.05, 3.63) is 29.1 Å². The molecule has 3 aliphatic carbocycles. The van der Waals surface area contributed by atoms with Gasteiger partial charge in [0.25, 0.3) is 0 Å². The zero-order valence-electron chi connectivity index (χ0n) is 17.3. The summed E-state index contributed by atoms with van der Waals surface area (Å²) in [5.41, 5.74) is 1.67. The molecule has 2 saturated carbocycles. The van der Waals surface area contributed by atoms with E-state index >= 15 is 0 Å². The third-order valence-electron chi connectivity index (χ3n) is 7.74. The number of methoxy groups -OCH3 is 2. The predicted octanol–water partition coefficient (Wildman–Crippen LogP) is 2.93. The predicted molar refractivity (Wildman–Crippen MR) is 104 cm³/mol.